The number of anilines is 1. The highest BCUT2D eigenvalue weighted by Gasteiger charge is 2.08. The van der Waals surface area contributed by atoms with E-state index in [1.54, 1.807) is 12.4 Å². The fraction of sp³-hybridized carbons (Fsp3) is 0.0833. The molecule has 0 bridgehead atoms. The molecule has 2 aromatic heterocycles. The topological polar surface area (TPSA) is 75.1 Å². The largest absolute Gasteiger partial charge is 0.478 e. The van der Waals surface area contributed by atoms with Crippen molar-refractivity contribution in [3.63, 3.8) is 0 Å². The number of hydrogen-bond donors (Lipinski definition) is 2. The summed E-state index contributed by atoms with van der Waals surface area (Å²) in [5.74, 6) is -0.968. The Kier molecular flexibility index (Phi) is 3.30. The van der Waals surface area contributed by atoms with Crippen LogP contribution in [0.3, 0.4) is 0 Å². The van der Waals surface area contributed by atoms with Crippen LogP contribution in [-0.4, -0.2) is 21.0 Å². The van der Waals surface area contributed by atoms with Crippen LogP contribution in [0.15, 0.2) is 43.0 Å². The molecule has 2 aromatic rings. The first-order valence-electron chi connectivity index (χ1n) is 5.07. The number of nitrogens with one attached hydrogen (secondary N) is 1. The molecule has 0 aliphatic heterocycles. The Morgan fingerprint density at radius 3 is 2.59 bits per heavy atom. The second kappa shape index (κ2) is 5.07. The number of hydrogen-bond acceptors (Lipinski definition) is 4. The van der Waals surface area contributed by atoms with E-state index in [-0.39, 0.29) is 5.56 Å². The second-order valence-electron chi connectivity index (χ2n) is 3.44. The molecule has 0 aromatic carbocycles. The smallest absolute Gasteiger partial charge is 0.337 e. The van der Waals surface area contributed by atoms with Crippen molar-refractivity contribution in [1.82, 2.24) is 9.97 Å². The highest BCUT2D eigenvalue weighted by atomic mass is 16.4. The van der Waals surface area contributed by atoms with E-state index in [4.69, 9.17) is 5.11 Å². The summed E-state index contributed by atoms with van der Waals surface area (Å²) in [5, 5.41) is 12.0. The zero-order valence-electron chi connectivity index (χ0n) is 9.00. The lowest BCUT2D eigenvalue weighted by Gasteiger charge is -2.08. The Morgan fingerprint density at radius 2 is 1.88 bits per heavy atom. The van der Waals surface area contributed by atoms with Crippen molar-refractivity contribution in [2.24, 2.45) is 0 Å². The second-order valence-corrected chi connectivity index (χ2v) is 3.44. The van der Waals surface area contributed by atoms with E-state index in [1.807, 2.05) is 12.1 Å². The fourth-order valence-electron chi connectivity index (χ4n) is 1.42. The molecule has 2 rings (SSSR count). The first-order chi connectivity index (χ1) is 8.27. The van der Waals surface area contributed by atoms with Crippen LogP contribution < -0.4 is 5.32 Å². The average molecular weight is 229 g/mol. The maximum Gasteiger partial charge on any atom is 0.337 e. The molecule has 0 unspecified atom stereocenters. The molecule has 5 nitrogen and oxygen atoms in total. The normalized spacial score (nSPS) is 9.88. The SMILES string of the molecule is O=C(O)c1ccncc1NCc1ccncc1. The third-order valence-corrected chi connectivity index (χ3v) is 2.28. The van der Waals surface area contributed by atoms with Gasteiger partial charge in [-0.2, -0.15) is 0 Å². The van der Waals surface area contributed by atoms with Gasteiger partial charge in [0.2, 0.25) is 0 Å². The summed E-state index contributed by atoms with van der Waals surface area (Å²) in [5.41, 5.74) is 1.76. The maximum absolute atomic E-state index is 11.0. The summed E-state index contributed by atoms with van der Waals surface area (Å²) in [7, 11) is 0. The van der Waals surface area contributed by atoms with Crippen molar-refractivity contribution in [2.75, 3.05) is 5.32 Å². The molecular weight excluding hydrogens is 218 g/mol. The monoisotopic (exact) mass is 229 g/mol. The Labute approximate surface area is 98.2 Å². The molecule has 0 saturated carbocycles. The Hall–Kier alpha value is -2.43. The molecule has 0 fully saturated rings. The summed E-state index contributed by atoms with van der Waals surface area (Å²) < 4.78 is 0. The molecule has 17 heavy (non-hydrogen) atoms. The van der Waals surface area contributed by atoms with Crippen LogP contribution in [0.5, 0.6) is 0 Å². The minimum Gasteiger partial charge on any atom is -0.478 e. The number of aromatic nitrogens is 2. The molecule has 0 aliphatic rings. The number of carboxylic acids is 1. The molecular formula is C12H11N3O2. The maximum atomic E-state index is 11.0. The fourth-order valence-corrected chi connectivity index (χ4v) is 1.42. The van der Waals surface area contributed by atoms with Gasteiger partial charge < -0.3 is 10.4 Å². The molecule has 0 amide bonds. The molecule has 0 radical (unpaired) electrons. The quantitative estimate of drug-likeness (QED) is 0.835. The van der Waals surface area contributed by atoms with Crippen LogP contribution in [-0.2, 0) is 6.54 Å². The van der Waals surface area contributed by atoms with Crippen LogP contribution in [0, 0.1) is 0 Å². The molecule has 0 aliphatic carbocycles. The zero-order chi connectivity index (χ0) is 12.1. The van der Waals surface area contributed by atoms with E-state index in [9.17, 15) is 4.79 Å². The van der Waals surface area contributed by atoms with Crippen molar-refractivity contribution in [3.05, 3.63) is 54.1 Å². The van der Waals surface area contributed by atoms with E-state index in [2.05, 4.69) is 15.3 Å². The van der Waals surface area contributed by atoms with E-state index in [1.165, 1.54) is 18.5 Å². The van der Waals surface area contributed by atoms with Crippen molar-refractivity contribution >= 4 is 11.7 Å². The van der Waals surface area contributed by atoms with Gasteiger partial charge in [-0.3, -0.25) is 9.97 Å². The van der Waals surface area contributed by atoms with Gasteiger partial charge in [0, 0.05) is 25.1 Å². The van der Waals surface area contributed by atoms with E-state index < -0.39 is 5.97 Å². The number of carboxylic acid groups (broad SMARTS) is 1. The molecule has 2 N–H and O–H groups in total. The van der Waals surface area contributed by atoms with E-state index in [0.29, 0.717) is 12.2 Å². The lowest BCUT2D eigenvalue weighted by Crippen LogP contribution is -2.06. The van der Waals surface area contributed by atoms with Gasteiger partial charge in [-0.05, 0) is 23.8 Å². The van der Waals surface area contributed by atoms with Crippen LogP contribution in [0.1, 0.15) is 15.9 Å². The summed E-state index contributed by atoms with van der Waals surface area (Å²) >= 11 is 0. The summed E-state index contributed by atoms with van der Waals surface area (Å²) in [6, 6.07) is 5.20. The first-order valence-corrected chi connectivity index (χ1v) is 5.07. The highest BCUT2D eigenvalue weighted by molar-refractivity contribution is 5.93. The molecule has 2 heterocycles. The van der Waals surface area contributed by atoms with Crippen molar-refractivity contribution in [3.8, 4) is 0 Å². The number of nitrogens with zero attached hydrogens (tertiary/aromatic N) is 2. The van der Waals surface area contributed by atoms with Gasteiger partial charge in [-0.25, -0.2) is 4.79 Å². The first kappa shape index (κ1) is 11.1. The molecule has 5 heteroatoms. The van der Waals surface area contributed by atoms with Gasteiger partial charge in [0.05, 0.1) is 17.4 Å². The molecule has 0 saturated heterocycles. The Bertz CT molecular complexity index is 514. The molecule has 0 spiro atoms. The number of pyridine rings is 2. The van der Waals surface area contributed by atoms with E-state index in [0.717, 1.165) is 5.56 Å². The van der Waals surface area contributed by atoms with Crippen LogP contribution in [0.4, 0.5) is 5.69 Å². The molecule has 86 valence electrons. The van der Waals surface area contributed by atoms with Crippen LogP contribution in [0.2, 0.25) is 0 Å². The predicted molar refractivity (Wildman–Crippen MR) is 62.8 cm³/mol. The van der Waals surface area contributed by atoms with Gasteiger partial charge in [0.25, 0.3) is 0 Å². The number of aromatic carboxylic acids is 1. The standard InChI is InChI=1S/C12H11N3O2/c16-12(17)10-3-6-14-8-11(10)15-7-9-1-4-13-5-2-9/h1-6,8,15H,7H2,(H,16,17). The number of rotatable bonds is 4. The minimum atomic E-state index is -0.968. The predicted octanol–water partition coefficient (Wildman–Crippen LogP) is 1.79. The minimum absolute atomic E-state index is 0.217. The lowest BCUT2D eigenvalue weighted by atomic mass is 10.2. The molecule has 0 atom stereocenters. The summed E-state index contributed by atoms with van der Waals surface area (Å²) in [6.45, 7) is 0.536. The summed E-state index contributed by atoms with van der Waals surface area (Å²) in [6.07, 6.45) is 6.35. The van der Waals surface area contributed by atoms with Crippen molar-refractivity contribution in [1.29, 1.82) is 0 Å². The Balaban J connectivity index is 2.12. The van der Waals surface area contributed by atoms with Crippen LogP contribution >= 0.6 is 0 Å². The summed E-state index contributed by atoms with van der Waals surface area (Å²) in [4.78, 5) is 18.8. The Morgan fingerprint density at radius 1 is 1.18 bits per heavy atom. The zero-order valence-corrected chi connectivity index (χ0v) is 9.00. The van der Waals surface area contributed by atoms with Gasteiger partial charge in [0.1, 0.15) is 0 Å². The van der Waals surface area contributed by atoms with E-state index >= 15 is 0 Å². The van der Waals surface area contributed by atoms with Gasteiger partial charge in [0.15, 0.2) is 0 Å². The van der Waals surface area contributed by atoms with Crippen LogP contribution in [0.25, 0.3) is 0 Å². The van der Waals surface area contributed by atoms with Crippen molar-refractivity contribution in [2.45, 2.75) is 6.54 Å². The third kappa shape index (κ3) is 2.78. The number of carbonyl (C=O) groups is 1. The average Bonchev–Trinajstić information content (AvgIpc) is 2.38. The third-order valence-electron chi connectivity index (χ3n) is 2.28. The van der Waals surface area contributed by atoms with Gasteiger partial charge in [-0.15, -0.1) is 0 Å². The van der Waals surface area contributed by atoms with Gasteiger partial charge >= 0.3 is 5.97 Å². The lowest BCUT2D eigenvalue weighted by molar-refractivity contribution is 0.0698. The highest BCUT2D eigenvalue weighted by Crippen LogP contribution is 2.14. The van der Waals surface area contributed by atoms with Gasteiger partial charge in [-0.1, -0.05) is 0 Å². The van der Waals surface area contributed by atoms with Crippen molar-refractivity contribution < 1.29 is 9.90 Å².